The van der Waals surface area contributed by atoms with E-state index in [4.69, 9.17) is 0 Å². The molecule has 2 aliphatic rings. The molecule has 2 aromatic rings. The summed E-state index contributed by atoms with van der Waals surface area (Å²) >= 11 is 0. The van der Waals surface area contributed by atoms with E-state index in [9.17, 15) is 19.8 Å². The van der Waals surface area contributed by atoms with Crippen LogP contribution in [0.25, 0.3) is 12.2 Å². The van der Waals surface area contributed by atoms with E-state index in [2.05, 4.69) is 92.7 Å². The summed E-state index contributed by atoms with van der Waals surface area (Å²) < 4.78 is 1.86. The number of aliphatic hydroxyl groups excluding tert-OH is 2. The average Bonchev–Trinajstić information content (AvgIpc) is 3.21. The fourth-order valence-electron chi connectivity index (χ4n) is 6.00. The van der Waals surface area contributed by atoms with Crippen LogP contribution in [0.2, 0.25) is 0 Å². The van der Waals surface area contributed by atoms with Crippen molar-refractivity contribution < 1.29 is 24.4 Å². The number of nitrogens with one attached hydrogen (secondary N) is 2. The number of benzene rings is 2. The van der Waals surface area contributed by atoms with Gasteiger partial charge in [0, 0.05) is 74.4 Å². The van der Waals surface area contributed by atoms with E-state index >= 15 is 0 Å². The third-order valence-corrected chi connectivity index (χ3v) is 11.8. The number of carbonyl (C=O) groups is 2. The van der Waals surface area contributed by atoms with Gasteiger partial charge in [0.2, 0.25) is 12.5 Å². The number of hydrogen-bond donors (Lipinski definition) is 4. The van der Waals surface area contributed by atoms with E-state index < -0.39 is 0 Å². The van der Waals surface area contributed by atoms with Crippen LogP contribution in [0.3, 0.4) is 0 Å². The molecule has 300 valence electrons. The maximum Gasteiger partial charge on any atom is 0.285 e. The molecule has 0 aromatic heterocycles. The smallest absolute Gasteiger partial charge is 0.285 e. The first kappa shape index (κ1) is 44.4. The van der Waals surface area contributed by atoms with Gasteiger partial charge in [-0.1, -0.05) is 82.8 Å². The van der Waals surface area contributed by atoms with Crippen molar-refractivity contribution >= 4 is 69.4 Å². The largest absolute Gasteiger partial charge is 0.393 e. The molecule has 10 nitrogen and oxygen atoms in total. The van der Waals surface area contributed by atoms with Crippen molar-refractivity contribution in [3.63, 3.8) is 0 Å². The molecule has 0 aliphatic carbocycles. The molecule has 2 amide bonds. The summed E-state index contributed by atoms with van der Waals surface area (Å²) in [4.78, 5) is 33.4. The predicted octanol–water partition coefficient (Wildman–Crippen LogP) is 5.79. The number of amides is 2. The molecule has 2 saturated heterocycles. The molecule has 2 aromatic carbocycles. The Bertz CT molecular complexity index is 1720. The second kappa shape index (κ2) is 25.0. The van der Waals surface area contributed by atoms with Gasteiger partial charge >= 0.3 is 0 Å². The van der Waals surface area contributed by atoms with Crippen molar-refractivity contribution in [2.45, 2.75) is 44.8 Å². The normalized spacial score (nSPS) is 16.7. The van der Waals surface area contributed by atoms with Crippen LogP contribution in [0.4, 0.5) is 11.4 Å². The lowest BCUT2D eigenvalue weighted by atomic mass is 10.1. The Morgan fingerprint density at radius 2 is 1.30 bits per heavy atom. The Labute approximate surface area is 341 Å². The zero-order valence-electron chi connectivity index (χ0n) is 32.9. The highest BCUT2D eigenvalue weighted by atomic mass is 33.1. The summed E-state index contributed by atoms with van der Waals surface area (Å²) in [5.74, 6) is 1.37. The van der Waals surface area contributed by atoms with Gasteiger partial charge in [0.05, 0.1) is 12.2 Å². The first-order chi connectivity index (χ1) is 27.2. The lowest BCUT2D eigenvalue weighted by Crippen LogP contribution is -2.35. The summed E-state index contributed by atoms with van der Waals surface area (Å²) in [5.41, 5.74) is 6.53. The van der Waals surface area contributed by atoms with E-state index in [1.807, 2.05) is 49.1 Å². The van der Waals surface area contributed by atoms with Gasteiger partial charge < -0.3 is 30.6 Å². The number of allylic oxidation sites excluding steroid dienone is 7. The van der Waals surface area contributed by atoms with Crippen molar-refractivity contribution in [3.8, 4) is 0 Å². The third kappa shape index (κ3) is 17.2. The van der Waals surface area contributed by atoms with Crippen LogP contribution in [0.5, 0.6) is 0 Å². The number of likely N-dealkylation sites (N-methyl/N-ethyl adjacent to an activating group) is 1. The summed E-state index contributed by atoms with van der Waals surface area (Å²) in [7, 11) is 5.21. The molecular formula is C44H59N6O4S2+. The van der Waals surface area contributed by atoms with Gasteiger partial charge in [0.15, 0.2) is 6.21 Å². The van der Waals surface area contributed by atoms with Crippen LogP contribution in [0, 0.1) is 0 Å². The minimum Gasteiger partial charge on any atom is -0.393 e. The third-order valence-electron chi connectivity index (χ3n) is 9.38. The number of hydrogen-bond acceptors (Lipinski definition) is 9. The van der Waals surface area contributed by atoms with Gasteiger partial charge in [0.1, 0.15) is 13.6 Å². The lowest BCUT2D eigenvalue weighted by molar-refractivity contribution is -0.479. The molecule has 56 heavy (non-hydrogen) atoms. The first-order valence-corrected chi connectivity index (χ1v) is 21.9. The van der Waals surface area contributed by atoms with E-state index in [1.54, 1.807) is 33.9 Å². The minimum absolute atomic E-state index is 0.0284. The number of piperidine rings is 2. The van der Waals surface area contributed by atoms with Crippen molar-refractivity contribution in [2.24, 2.45) is 4.99 Å². The molecule has 12 heteroatoms. The monoisotopic (exact) mass is 799 g/mol. The molecule has 0 unspecified atom stereocenters. The van der Waals surface area contributed by atoms with Gasteiger partial charge in [-0.05, 0) is 85.2 Å². The van der Waals surface area contributed by atoms with Crippen molar-refractivity contribution in [2.75, 3.05) is 80.7 Å². The second-order valence-corrected chi connectivity index (χ2v) is 16.7. The zero-order chi connectivity index (χ0) is 40.0. The maximum absolute atomic E-state index is 12.4. The molecule has 0 saturated carbocycles. The van der Waals surface area contributed by atoms with Crippen LogP contribution in [-0.4, -0.2) is 122 Å². The summed E-state index contributed by atoms with van der Waals surface area (Å²) in [6, 6.07) is 16.9. The maximum atomic E-state index is 12.4. The molecule has 4 rings (SSSR count). The summed E-state index contributed by atoms with van der Waals surface area (Å²) in [6.45, 7) is 10.9. The van der Waals surface area contributed by atoms with E-state index in [0.29, 0.717) is 13.1 Å². The molecule has 0 bridgehead atoms. The van der Waals surface area contributed by atoms with Crippen LogP contribution >= 0.6 is 21.6 Å². The van der Waals surface area contributed by atoms with Crippen molar-refractivity contribution in [3.05, 3.63) is 108 Å². The zero-order valence-corrected chi connectivity index (χ0v) is 34.5. The number of rotatable bonds is 20. The highest BCUT2D eigenvalue weighted by Gasteiger charge is 2.18. The Morgan fingerprint density at radius 1 is 0.804 bits per heavy atom. The number of anilines is 2. The molecule has 2 heterocycles. The summed E-state index contributed by atoms with van der Waals surface area (Å²) in [5, 5.41) is 25.3. The van der Waals surface area contributed by atoms with Gasteiger partial charge in [-0.15, -0.1) is 0 Å². The predicted molar refractivity (Wildman–Crippen MR) is 239 cm³/mol. The summed E-state index contributed by atoms with van der Waals surface area (Å²) in [6.07, 6.45) is 20.2. The van der Waals surface area contributed by atoms with E-state index in [-0.39, 0.29) is 37.1 Å². The molecule has 0 radical (unpaired) electrons. The fraction of sp³-hybridized carbons (Fsp3) is 0.409. The quantitative estimate of drug-likeness (QED) is 0.0437. The van der Waals surface area contributed by atoms with Crippen LogP contribution in [0.1, 0.15) is 43.7 Å². The number of aliphatic hydroxyl groups is 2. The molecule has 0 atom stereocenters. The molecular weight excluding hydrogens is 741 g/mol. The van der Waals surface area contributed by atoms with Gasteiger partial charge in [0.25, 0.3) is 5.91 Å². The van der Waals surface area contributed by atoms with Crippen LogP contribution in [0.15, 0.2) is 102 Å². The van der Waals surface area contributed by atoms with Crippen molar-refractivity contribution in [1.29, 1.82) is 0 Å². The molecule has 2 fully saturated rings. The molecule has 2 aliphatic heterocycles. The van der Waals surface area contributed by atoms with Crippen LogP contribution in [-0.2, 0) is 9.59 Å². The van der Waals surface area contributed by atoms with Gasteiger partial charge in [-0.2, -0.15) is 0 Å². The van der Waals surface area contributed by atoms with Crippen LogP contribution < -0.4 is 20.4 Å². The SMILES string of the molecule is C=CC(/C=C/c1ccc(N2CCC(O)CC2)cc1)=C\C=NCC(=O)NCCSSCCNC(=O)C[N+](C)=C/C=C(C)/C=C/c1ccc(N2CCC(O)CC2)cc1. The minimum atomic E-state index is -0.181. The first-order valence-electron chi connectivity index (χ1n) is 19.4. The molecule has 0 spiro atoms. The highest BCUT2D eigenvalue weighted by Crippen LogP contribution is 2.23. The number of aliphatic imine (C=N–C) groups is 1. The topological polar surface area (TPSA) is 121 Å². The van der Waals surface area contributed by atoms with E-state index in [1.165, 1.54) is 11.4 Å². The number of nitrogens with zero attached hydrogens (tertiary/aromatic N) is 4. The standard InChI is InChI=1S/C44H58N6O4S2/c1-4-36(7-8-38-11-15-40(16-12-38)50-29-21-42(52)22-30-50)17-23-45-33-43(53)46-24-31-55-56-32-25-47-44(54)34-48(3)26-18-35(2)5-6-37-9-13-39(14-10-37)49-27-19-41(51)20-28-49/h4-18,23,26,41-42,51-52H,1,19-22,24-25,27-34H2,2-3H3,(H-,46,47,53,54)/p+1/b8-7+,36-17+,45-23?. The Hall–Kier alpha value is -4.36. The van der Waals surface area contributed by atoms with Crippen molar-refractivity contribution in [1.82, 2.24) is 10.6 Å². The van der Waals surface area contributed by atoms with Gasteiger partial charge in [-0.3, -0.25) is 14.6 Å². The fourth-order valence-corrected chi connectivity index (χ4v) is 7.81. The molecule has 4 N–H and O–H groups in total. The lowest BCUT2D eigenvalue weighted by Gasteiger charge is -2.31. The Balaban J connectivity index is 1.01. The second-order valence-electron chi connectivity index (χ2n) is 14.0. The number of carbonyl (C=O) groups excluding carboxylic acids is 2. The van der Waals surface area contributed by atoms with Gasteiger partial charge in [-0.25, -0.2) is 4.58 Å². The Kier molecular flexibility index (Phi) is 19.8. The Morgan fingerprint density at radius 3 is 1.82 bits per heavy atom. The highest BCUT2D eigenvalue weighted by molar-refractivity contribution is 8.76. The van der Waals surface area contributed by atoms with E-state index in [0.717, 1.165) is 85.6 Å². The average molecular weight is 800 g/mol.